The topological polar surface area (TPSA) is 25.8 Å². The average Bonchev–Trinajstić information content (AvgIpc) is 3.36. The first-order valence-corrected chi connectivity index (χ1v) is 17.0. The number of hydrogen-bond donors (Lipinski definition) is 0. The molecule has 0 amide bonds. The van der Waals surface area contributed by atoms with Crippen molar-refractivity contribution < 1.29 is 20.1 Å². The second-order valence-electron chi connectivity index (χ2n) is 14.5. The fourth-order valence-corrected chi connectivity index (χ4v) is 7.32. The van der Waals surface area contributed by atoms with Crippen molar-refractivity contribution in [2.45, 2.75) is 45.4 Å². The molecule has 0 atom stereocenters. The van der Waals surface area contributed by atoms with Gasteiger partial charge in [-0.2, -0.15) is 0 Å². The zero-order chi connectivity index (χ0) is 33.8. The average molecular weight is 823 g/mol. The Bertz CT molecular complexity index is 2460. The van der Waals surface area contributed by atoms with Gasteiger partial charge in [0, 0.05) is 32.5 Å². The zero-order valence-corrected chi connectivity index (χ0v) is 31.4. The smallest absolute Gasteiger partial charge is 0.0167 e. The van der Waals surface area contributed by atoms with E-state index in [-0.39, 0.29) is 30.9 Å². The summed E-state index contributed by atoms with van der Waals surface area (Å²) in [7, 11) is 0. The maximum Gasteiger partial charge on any atom is 0.0167 e. The number of fused-ring (bicyclic) bond motifs is 8. The molecule has 1 aliphatic rings. The normalized spacial score (nSPS) is 12.9. The van der Waals surface area contributed by atoms with E-state index in [1.165, 1.54) is 60.1 Å². The molecule has 0 spiro atoms. The summed E-state index contributed by atoms with van der Waals surface area (Å²) < 4.78 is 0. The fraction of sp³-hybridized carbons (Fsp3) is 0.149. The third kappa shape index (κ3) is 5.85. The Kier molecular flexibility index (Phi) is 8.76. The number of benzene rings is 6. The van der Waals surface area contributed by atoms with Crippen molar-refractivity contribution in [2.24, 2.45) is 0 Å². The molecule has 6 aromatic carbocycles. The Morgan fingerprint density at radius 1 is 0.560 bits per heavy atom. The van der Waals surface area contributed by atoms with Crippen LogP contribution in [0.3, 0.4) is 0 Å². The van der Waals surface area contributed by atoms with Gasteiger partial charge in [-0.15, -0.1) is 65.2 Å². The van der Waals surface area contributed by atoms with Gasteiger partial charge in [0.25, 0.3) is 0 Å². The predicted molar refractivity (Wildman–Crippen MR) is 206 cm³/mol. The molecule has 2 aromatic heterocycles. The molecular weight excluding hydrogens is 785 g/mol. The minimum atomic E-state index is -0.0774. The number of nitrogens with zero attached hydrogens (tertiary/aromatic N) is 2. The van der Waals surface area contributed by atoms with Gasteiger partial charge in [0.2, 0.25) is 0 Å². The number of hydrogen-bond acceptors (Lipinski definition) is 2. The molecule has 0 unspecified atom stereocenters. The van der Waals surface area contributed by atoms with Crippen molar-refractivity contribution in [2.75, 3.05) is 0 Å². The van der Waals surface area contributed by atoms with Crippen molar-refractivity contribution in [3.05, 3.63) is 169 Å². The molecule has 247 valence electrons. The molecule has 0 fully saturated rings. The Hall–Kier alpha value is -4.95. The van der Waals surface area contributed by atoms with E-state index in [4.69, 9.17) is 4.98 Å². The van der Waals surface area contributed by atoms with Crippen LogP contribution in [0.4, 0.5) is 0 Å². The van der Waals surface area contributed by atoms with Crippen molar-refractivity contribution in [1.82, 2.24) is 9.97 Å². The summed E-state index contributed by atoms with van der Waals surface area (Å²) in [6, 6.07) is 51.7. The van der Waals surface area contributed by atoms with E-state index in [2.05, 4.69) is 137 Å². The molecule has 0 N–H and O–H groups in total. The standard InChI is InChI=1S/C36H30N.C11H8N.Ir/c1-35(2,3)24-12-15-30-29-14-11-23(20-32(29)36(4,5)33(30)21-24)34-31-17-16-26-25-9-7-6-8-22(25)10-13-27(26)28(31)18-19-37-34;1-2-6-10(7-3-1)11-8-4-5-9-12-11;/h6-10,12-21H,1-5H3;1-6,8-9H;/q2*-1;. The molecule has 0 saturated heterocycles. The van der Waals surface area contributed by atoms with Gasteiger partial charge in [0.05, 0.1) is 0 Å². The summed E-state index contributed by atoms with van der Waals surface area (Å²) in [4.78, 5) is 9.10. The van der Waals surface area contributed by atoms with E-state index < -0.39 is 0 Å². The summed E-state index contributed by atoms with van der Waals surface area (Å²) in [5.41, 5.74) is 10.9. The van der Waals surface area contributed by atoms with Gasteiger partial charge in [-0.25, -0.2) is 0 Å². The van der Waals surface area contributed by atoms with Crippen LogP contribution in [0.5, 0.6) is 0 Å². The van der Waals surface area contributed by atoms with Crippen molar-refractivity contribution >= 4 is 32.3 Å². The Morgan fingerprint density at radius 3 is 2.06 bits per heavy atom. The van der Waals surface area contributed by atoms with Crippen LogP contribution >= 0.6 is 0 Å². The van der Waals surface area contributed by atoms with Gasteiger partial charge in [0.1, 0.15) is 0 Å². The number of pyridine rings is 2. The molecule has 9 rings (SSSR count). The molecule has 8 aromatic rings. The molecule has 0 aliphatic heterocycles. The minimum absolute atomic E-state index is 0. The van der Waals surface area contributed by atoms with Crippen LogP contribution in [0.2, 0.25) is 0 Å². The second-order valence-corrected chi connectivity index (χ2v) is 14.5. The molecule has 1 aliphatic carbocycles. The van der Waals surface area contributed by atoms with Crippen molar-refractivity contribution in [3.63, 3.8) is 0 Å². The van der Waals surface area contributed by atoms with Crippen LogP contribution < -0.4 is 0 Å². The number of aromatic nitrogens is 2. The quantitative estimate of drug-likeness (QED) is 0.128. The summed E-state index contributed by atoms with van der Waals surface area (Å²) in [6.45, 7) is 11.6. The van der Waals surface area contributed by atoms with Crippen LogP contribution in [0.25, 0.3) is 66.0 Å². The van der Waals surface area contributed by atoms with Gasteiger partial charge >= 0.3 is 0 Å². The van der Waals surface area contributed by atoms with E-state index in [0.717, 1.165) is 22.5 Å². The fourth-order valence-electron chi connectivity index (χ4n) is 7.32. The van der Waals surface area contributed by atoms with Gasteiger partial charge in [0.15, 0.2) is 0 Å². The van der Waals surface area contributed by atoms with Crippen LogP contribution in [-0.4, -0.2) is 9.97 Å². The summed E-state index contributed by atoms with van der Waals surface area (Å²) >= 11 is 0. The van der Waals surface area contributed by atoms with Gasteiger partial charge in [-0.3, -0.25) is 0 Å². The first kappa shape index (κ1) is 33.5. The monoisotopic (exact) mass is 823 g/mol. The zero-order valence-electron chi connectivity index (χ0n) is 29.0. The Labute approximate surface area is 308 Å². The molecule has 3 heteroatoms. The predicted octanol–water partition coefficient (Wildman–Crippen LogP) is 12.2. The first-order chi connectivity index (χ1) is 23.7. The van der Waals surface area contributed by atoms with E-state index in [1.807, 2.05) is 48.7 Å². The second kappa shape index (κ2) is 13.1. The van der Waals surface area contributed by atoms with E-state index >= 15 is 0 Å². The maximum absolute atomic E-state index is 4.88. The number of rotatable bonds is 2. The SMILES string of the molecule is CC(C)(C)c1ccc2c(c1)C(C)(C)c1cc(-c3nccc4c3ccc3c5ccccc5ccc43)[c-]cc1-2.[Ir].[c-]1ccccc1-c1ccccn1. The summed E-state index contributed by atoms with van der Waals surface area (Å²) in [5, 5.41) is 7.52. The summed E-state index contributed by atoms with van der Waals surface area (Å²) in [5.74, 6) is 0. The molecule has 1 radical (unpaired) electrons. The third-order valence-corrected chi connectivity index (χ3v) is 10.0. The Balaban J connectivity index is 0.000000255. The van der Waals surface area contributed by atoms with Crippen LogP contribution in [0, 0.1) is 12.1 Å². The van der Waals surface area contributed by atoms with Gasteiger partial charge < -0.3 is 9.97 Å². The molecular formula is C47H38IrN2-2. The van der Waals surface area contributed by atoms with Crippen LogP contribution in [0.15, 0.2) is 140 Å². The van der Waals surface area contributed by atoms with Crippen molar-refractivity contribution in [3.8, 4) is 33.6 Å². The summed E-state index contributed by atoms with van der Waals surface area (Å²) in [6.07, 6.45) is 3.74. The van der Waals surface area contributed by atoms with Gasteiger partial charge in [-0.1, -0.05) is 125 Å². The molecule has 50 heavy (non-hydrogen) atoms. The third-order valence-electron chi connectivity index (χ3n) is 10.0. The van der Waals surface area contributed by atoms with Gasteiger partial charge in [-0.05, 0) is 77.8 Å². The Morgan fingerprint density at radius 2 is 1.28 bits per heavy atom. The molecule has 2 nitrogen and oxygen atoms in total. The molecule has 2 heterocycles. The van der Waals surface area contributed by atoms with Crippen molar-refractivity contribution in [1.29, 1.82) is 0 Å². The molecule has 0 saturated carbocycles. The van der Waals surface area contributed by atoms with Crippen LogP contribution in [-0.2, 0) is 30.9 Å². The first-order valence-electron chi connectivity index (χ1n) is 17.0. The largest absolute Gasteiger partial charge is 0.305 e. The van der Waals surface area contributed by atoms with Crippen LogP contribution in [0.1, 0.15) is 51.3 Å². The minimum Gasteiger partial charge on any atom is -0.305 e. The maximum atomic E-state index is 4.88. The van der Waals surface area contributed by atoms with E-state index in [0.29, 0.717) is 0 Å². The molecule has 0 bridgehead atoms. The van der Waals surface area contributed by atoms with E-state index in [9.17, 15) is 0 Å². The van der Waals surface area contributed by atoms with E-state index in [1.54, 1.807) is 6.20 Å².